The minimum absolute atomic E-state index is 0.00635. The molecule has 1 aliphatic heterocycles. The molecule has 0 unspecified atom stereocenters. The van der Waals surface area contributed by atoms with Crippen LogP contribution in [0.25, 0.3) is 0 Å². The molecule has 0 bridgehead atoms. The second-order valence-electron chi connectivity index (χ2n) is 6.13. The van der Waals surface area contributed by atoms with Gasteiger partial charge in [0, 0.05) is 42.5 Å². The predicted molar refractivity (Wildman–Crippen MR) is 96.5 cm³/mol. The average molecular weight is 358 g/mol. The van der Waals surface area contributed by atoms with Gasteiger partial charge in [0.05, 0.1) is 17.1 Å². The quantitative estimate of drug-likeness (QED) is 0.888. The number of thiazole rings is 1. The molecular formula is C18H22N4O2S. The third-order valence-corrected chi connectivity index (χ3v) is 5.36. The van der Waals surface area contributed by atoms with Crippen LogP contribution in [-0.2, 0) is 17.6 Å². The zero-order valence-electron chi connectivity index (χ0n) is 14.3. The Morgan fingerprint density at radius 2 is 2.00 bits per heavy atom. The van der Waals surface area contributed by atoms with Crippen molar-refractivity contribution in [1.82, 2.24) is 20.2 Å². The van der Waals surface area contributed by atoms with Crippen LogP contribution in [0.15, 0.2) is 29.9 Å². The van der Waals surface area contributed by atoms with Crippen molar-refractivity contribution >= 4 is 23.2 Å². The topological polar surface area (TPSA) is 75.2 Å². The number of piperidine rings is 1. The number of nitrogens with one attached hydrogen (secondary N) is 1. The molecule has 2 aromatic heterocycles. The molecule has 2 aromatic rings. The van der Waals surface area contributed by atoms with E-state index in [1.54, 1.807) is 35.9 Å². The van der Waals surface area contributed by atoms with Crippen LogP contribution in [0.3, 0.4) is 0 Å². The van der Waals surface area contributed by atoms with Crippen molar-refractivity contribution < 1.29 is 9.59 Å². The molecule has 1 fully saturated rings. The molecule has 0 atom stereocenters. The predicted octanol–water partition coefficient (Wildman–Crippen LogP) is 2.06. The van der Waals surface area contributed by atoms with Crippen LogP contribution in [0.4, 0.5) is 0 Å². The molecule has 1 aliphatic rings. The van der Waals surface area contributed by atoms with Crippen LogP contribution >= 0.6 is 11.3 Å². The van der Waals surface area contributed by atoms with Gasteiger partial charge < -0.3 is 10.2 Å². The number of hydrogen-bond donors (Lipinski definition) is 1. The lowest BCUT2D eigenvalue weighted by molar-refractivity contribution is -0.121. The summed E-state index contributed by atoms with van der Waals surface area (Å²) in [5.74, 6) is 0.0357. The van der Waals surface area contributed by atoms with E-state index in [0.29, 0.717) is 25.1 Å². The van der Waals surface area contributed by atoms with E-state index in [4.69, 9.17) is 0 Å². The summed E-state index contributed by atoms with van der Waals surface area (Å²) in [6, 6.07) is 3.58. The Balaban J connectivity index is 1.46. The third-order valence-electron chi connectivity index (χ3n) is 4.32. The smallest absolute Gasteiger partial charge is 0.253 e. The van der Waals surface area contributed by atoms with Crippen LogP contribution in [0.1, 0.15) is 40.8 Å². The molecule has 1 N–H and O–H groups in total. The first-order valence-electron chi connectivity index (χ1n) is 8.57. The van der Waals surface area contributed by atoms with Crippen LogP contribution in [0.5, 0.6) is 0 Å². The van der Waals surface area contributed by atoms with Crippen LogP contribution in [-0.4, -0.2) is 45.8 Å². The van der Waals surface area contributed by atoms with Gasteiger partial charge in [-0.2, -0.15) is 0 Å². The van der Waals surface area contributed by atoms with Crippen molar-refractivity contribution in [1.29, 1.82) is 0 Å². The number of rotatable bonds is 5. The summed E-state index contributed by atoms with van der Waals surface area (Å²) in [6.07, 6.45) is 6.04. The van der Waals surface area contributed by atoms with Gasteiger partial charge in [0.1, 0.15) is 0 Å². The molecule has 6 nitrogen and oxygen atoms in total. The summed E-state index contributed by atoms with van der Waals surface area (Å²) < 4.78 is 0. The zero-order valence-corrected chi connectivity index (χ0v) is 15.1. The van der Waals surface area contributed by atoms with Gasteiger partial charge in [-0.25, -0.2) is 4.98 Å². The molecule has 0 spiro atoms. The summed E-state index contributed by atoms with van der Waals surface area (Å²) in [5, 5.41) is 6.09. The Morgan fingerprint density at radius 1 is 1.28 bits per heavy atom. The van der Waals surface area contributed by atoms with Crippen molar-refractivity contribution in [3.63, 3.8) is 0 Å². The van der Waals surface area contributed by atoms with E-state index in [1.165, 1.54) is 0 Å². The van der Waals surface area contributed by atoms with Crippen molar-refractivity contribution in [2.75, 3.05) is 13.1 Å². The monoisotopic (exact) mass is 358 g/mol. The van der Waals surface area contributed by atoms with Gasteiger partial charge in [-0.15, -0.1) is 11.3 Å². The number of carbonyl (C=O) groups is 2. The SMILES string of the molecule is CCc1nc(CC(=O)NC2CCN(C(=O)c3ccncc3)CC2)cs1. The van der Waals surface area contributed by atoms with Crippen molar-refractivity contribution in [2.45, 2.75) is 38.6 Å². The summed E-state index contributed by atoms with van der Waals surface area (Å²) in [7, 11) is 0. The fourth-order valence-corrected chi connectivity index (χ4v) is 3.68. The largest absolute Gasteiger partial charge is 0.353 e. The highest BCUT2D eigenvalue weighted by Crippen LogP contribution is 2.15. The number of aryl methyl sites for hydroxylation is 1. The number of nitrogens with zero attached hydrogens (tertiary/aromatic N) is 3. The van der Waals surface area contributed by atoms with E-state index in [-0.39, 0.29) is 17.9 Å². The number of hydrogen-bond acceptors (Lipinski definition) is 5. The summed E-state index contributed by atoms with van der Waals surface area (Å²) in [5.41, 5.74) is 1.50. The van der Waals surface area contributed by atoms with Crippen LogP contribution < -0.4 is 5.32 Å². The minimum Gasteiger partial charge on any atom is -0.353 e. The molecular weight excluding hydrogens is 336 g/mol. The van der Waals surface area contributed by atoms with E-state index < -0.39 is 0 Å². The van der Waals surface area contributed by atoms with Crippen molar-refractivity contribution in [3.05, 3.63) is 46.2 Å². The molecule has 25 heavy (non-hydrogen) atoms. The maximum absolute atomic E-state index is 12.4. The lowest BCUT2D eigenvalue weighted by Crippen LogP contribution is -2.46. The Morgan fingerprint density at radius 3 is 2.64 bits per heavy atom. The van der Waals surface area contributed by atoms with Gasteiger partial charge in [-0.1, -0.05) is 6.92 Å². The number of amides is 2. The number of pyridine rings is 1. The van der Waals surface area contributed by atoms with Gasteiger partial charge in [0.25, 0.3) is 5.91 Å². The molecule has 1 saturated heterocycles. The summed E-state index contributed by atoms with van der Waals surface area (Å²) in [4.78, 5) is 34.8. The molecule has 0 radical (unpaired) electrons. The molecule has 2 amide bonds. The maximum atomic E-state index is 12.4. The van der Waals surface area contributed by atoms with Gasteiger partial charge >= 0.3 is 0 Å². The summed E-state index contributed by atoms with van der Waals surface area (Å²) in [6.45, 7) is 3.37. The fourth-order valence-electron chi connectivity index (χ4n) is 2.94. The van der Waals surface area contributed by atoms with Gasteiger partial charge in [0.2, 0.25) is 5.91 Å². The number of aromatic nitrogens is 2. The normalized spacial score (nSPS) is 15.2. The number of likely N-dealkylation sites (tertiary alicyclic amines) is 1. The van der Waals surface area contributed by atoms with E-state index in [2.05, 4.69) is 22.2 Å². The van der Waals surface area contributed by atoms with Crippen molar-refractivity contribution in [3.8, 4) is 0 Å². The second kappa shape index (κ2) is 8.20. The first kappa shape index (κ1) is 17.5. The Hall–Kier alpha value is -2.28. The summed E-state index contributed by atoms with van der Waals surface area (Å²) >= 11 is 1.60. The minimum atomic E-state index is 0.00635. The van der Waals surface area contributed by atoms with E-state index in [9.17, 15) is 9.59 Å². The highest BCUT2D eigenvalue weighted by atomic mass is 32.1. The molecule has 0 saturated carbocycles. The first-order chi connectivity index (χ1) is 12.2. The van der Waals surface area contributed by atoms with Gasteiger partial charge in [-0.3, -0.25) is 14.6 Å². The van der Waals surface area contributed by atoms with Crippen LogP contribution in [0.2, 0.25) is 0 Å². The number of carbonyl (C=O) groups excluding carboxylic acids is 2. The van der Waals surface area contributed by atoms with Crippen molar-refractivity contribution in [2.24, 2.45) is 0 Å². The van der Waals surface area contributed by atoms with Crippen LogP contribution in [0, 0.1) is 0 Å². The molecule has 132 valence electrons. The van der Waals surface area contributed by atoms with E-state index >= 15 is 0 Å². The zero-order chi connectivity index (χ0) is 17.6. The lowest BCUT2D eigenvalue weighted by Gasteiger charge is -2.32. The molecule has 3 rings (SSSR count). The second-order valence-corrected chi connectivity index (χ2v) is 7.08. The Kier molecular flexibility index (Phi) is 5.75. The van der Waals surface area contributed by atoms with Gasteiger partial charge in [0.15, 0.2) is 0 Å². The van der Waals surface area contributed by atoms with Gasteiger partial charge in [-0.05, 0) is 31.4 Å². The molecule has 0 aromatic carbocycles. The first-order valence-corrected chi connectivity index (χ1v) is 9.45. The standard InChI is InChI=1S/C18H22N4O2S/c1-2-17-21-15(12-25-17)11-16(23)20-14-5-9-22(10-6-14)18(24)13-3-7-19-8-4-13/h3-4,7-8,12,14H,2,5-6,9-11H2,1H3,(H,20,23). The molecule has 0 aliphatic carbocycles. The molecule has 7 heteroatoms. The maximum Gasteiger partial charge on any atom is 0.253 e. The third kappa shape index (κ3) is 4.63. The lowest BCUT2D eigenvalue weighted by atomic mass is 10.0. The highest BCUT2D eigenvalue weighted by molar-refractivity contribution is 7.09. The Bertz CT molecular complexity index is 724. The fraction of sp³-hybridized carbons (Fsp3) is 0.444. The Labute approximate surface area is 151 Å². The van der Waals surface area contributed by atoms with E-state index in [1.807, 2.05) is 10.3 Å². The highest BCUT2D eigenvalue weighted by Gasteiger charge is 2.24. The molecule has 3 heterocycles. The average Bonchev–Trinajstić information content (AvgIpc) is 3.10. The van der Waals surface area contributed by atoms with E-state index in [0.717, 1.165) is 30.0 Å².